The number of aromatic carboxylic acids is 1. The zero-order valence-electron chi connectivity index (χ0n) is 10.3. The van der Waals surface area contributed by atoms with Crippen molar-refractivity contribution in [3.63, 3.8) is 0 Å². The molecule has 0 unspecified atom stereocenters. The molecule has 0 saturated heterocycles. The molecule has 0 amide bonds. The van der Waals surface area contributed by atoms with Gasteiger partial charge in [-0.1, -0.05) is 21.9 Å². The molecule has 102 valence electrons. The molecule has 2 N–H and O–H groups in total. The molecule has 0 aliphatic carbocycles. The summed E-state index contributed by atoms with van der Waals surface area (Å²) in [7, 11) is -3.79. The number of hydrogen-bond acceptors (Lipinski definition) is 3. The third kappa shape index (κ3) is 3.80. The van der Waals surface area contributed by atoms with Crippen LogP contribution in [0.15, 0.2) is 21.5 Å². The largest absolute Gasteiger partial charge is 0.478 e. The molecule has 0 heterocycles. The van der Waals surface area contributed by atoms with E-state index < -0.39 is 16.0 Å². The van der Waals surface area contributed by atoms with Gasteiger partial charge < -0.3 is 5.11 Å². The quantitative estimate of drug-likeness (QED) is 0.814. The number of benzene rings is 1. The van der Waals surface area contributed by atoms with Crippen molar-refractivity contribution in [2.75, 3.05) is 6.54 Å². The average molecular weight is 346 g/mol. The average Bonchev–Trinajstić information content (AvgIpc) is 2.32. The van der Waals surface area contributed by atoms with Gasteiger partial charge >= 0.3 is 5.97 Å². The molecule has 7 heteroatoms. The van der Waals surface area contributed by atoms with Crippen molar-refractivity contribution in [2.24, 2.45) is 0 Å². The fraction of sp³-hybridized carbons (Fsp3) is 0.250. The summed E-state index contributed by atoms with van der Waals surface area (Å²) >= 11 is 3.16. The Bertz CT molecular complexity index is 671. The summed E-state index contributed by atoms with van der Waals surface area (Å²) in [5, 5.41) is 8.95. The van der Waals surface area contributed by atoms with E-state index in [9.17, 15) is 13.2 Å². The van der Waals surface area contributed by atoms with E-state index in [0.29, 0.717) is 10.0 Å². The molecule has 0 bridgehead atoms. The lowest BCUT2D eigenvalue weighted by molar-refractivity contribution is 0.0696. The van der Waals surface area contributed by atoms with Crippen molar-refractivity contribution in [1.29, 1.82) is 0 Å². The number of carboxylic acids is 1. The predicted molar refractivity (Wildman–Crippen MR) is 74.5 cm³/mol. The molecule has 0 fully saturated rings. The molecule has 0 aromatic heterocycles. The molecule has 0 atom stereocenters. The van der Waals surface area contributed by atoms with Gasteiger partial charge in [0.2, 0.25) is 10.0 Å². The zero-order chi connectivity index (χ0) is 14.6. The number of carbonyl (C=O) groups is 1. The Labute approximate surface area is 120 Å². The zero-order valence-corrected chi connectivity index (χ0v) is 12.7. The molecule has 0 aliphatic rings. The number of halogens is 1. The predicted octanol–water partition coefficient (Wildman–Crippen LogP) is 1.76. The molecule has 5 nitrogen and oxygen atoms in total. The third-order valence-corrected chi connectivity index (χ3v) is 4.71. The lowest BCUT2D eigenvalue weighted by Crippen LogP contribution is -2.25. The van der Waals surface area contributed by atoms with E-state index in [1.807, 2.05) is 0 Å². The van der Waals surface area contributed by atoms with Crippen LogP contribution >= 0.6 is 15.9 Å². The Morgan fingerprint density at radius 2 is 2.11 bits per heavy atom. The van der Waals surface area contributed by atoms with Crippen LogP contribution in [0.3, 0.4) is 0 Å². The van der Waals surface area contributed by atoms with Crippen LogP contribution in [0.5, 0.6) is 0 Å². The second-order valence-corrected chi connectivity index (χ2v) is 6.23. The first kappa shape index (κ1) is 15.7. The first-order valence-corrected chi connectivity index (χ1v) is 7.50. The van der Waals surface area contributed by atoms with Gasteiger partial charge in [-0.05, 0) is 31.5 Å². The summed E-state index contributed by atoms with van der Waals surface area (Å²) in [6, 6.07) is 2.49. The molecule has 19 heavy (non-hydrogen) atoms. The monoisotopic (exact) mass is 345 g/mol. The van der Waals surface area contributed by atoms with Gasteiger partial charge in [0.1, 0.15) is 0 Å². The Balaban J connectivity index is 3.31. The van der Waals surface area contributed by atoms with Crippen LogP contribution in [0, 0.1) is 18.8 Å². The highest BCUT2D eigenvalue weighted by molar-refractivity contribution is 9.10. The van der Waals surface area contributed by atoms with Crippen LogP contribution in [0.4, 0.5) is 0 Å². The van der Waals surface area contributed by atoms with Crippen molar-refractivity contribution in [3.05, 3.63) is 27.7 Å². The lowest BCUT2D eigenvalue weighted by atomic mass is 10.1. The molecule has 1 rings (SSSR count). The smallest absolute Gasteiger partial charge is 0.335 e. The van der Waals surface area contributed by atoms with Crippen LogP contribution in [0.25, 0.3) is 0 Å². The van der Waals surface area contributed by atoms with E-state index in [0.717, 1.165) is 6.07 Å². The summed E-state index contributed by atoms with van der Waals surface area (Å²) in [6.07, 6.45) is 0. The van der Waals surface area contributed by atoms with E-state index in [2.05, 4.69) is 32.5 Å². The molecule has 0 radical (unpaired) electrons. The number of carboxylic acid groups (broad SMARTS) is 1. The van der Waals surface area contributed by atoms with E-state index in [1.165, 1.54) is 6.07 Å². The van der Waals surface area contributed by atoms with Gasteiger partial charge in [0.25, 0.3) is 0 Å². The second-order valence-electron chi connectivity index (χ2n) is 3.64. The van der Waals surface area contributed by atoms with Gasteiger partial charge in [-0.2, -0.15) is 4.72 Å². The van der Waals surface area contributed by atoms with Gasteiger partial charge in [0.05, 0.1) is 17.0 Å². The Morgan fingerprint density at radius 3 is 2.63 bits per heavy atom. The van der Waals surface area contributed by atoms with Crippen LogP contribution in [-0.2, 0) is 10.0 Å². The van der Waals surface area contributed by atoms with Gasteiger partial charge in [-0.3, -0.25) is 0 Å². The second kappa shape index (κ2) is 6.19. The van der Waals surface area contributed by atoms with Crippen molar-refractivity contribution in [3.8, 4) is 11.8 Å². The highest BCUT2D eigenvalue weighted by Gasteiger charge is 2.20. The normalized spacial score (nSPS) is 10.7. The van der Waals surface area contributed by atoms with E-state index in [-0.39, 0.29) is 17.0 Å². The number of rotatable bonds is 4. The number of sulfonamides is 1. The lowest BCUT2D eigenvalue weighted by Gasteiger charge is -2.10. The molecule has 0 spiro atoms. The van der Waals surface area contributed by atoms with Crippen molar-refractivity contribution >= 4 is 31.9 Å². The maximum absolute atomic E-state index is 12.1. The van der Waals surface area contributed by atoms with Crippen molar-refractivity contribution in [2.45, 2.75) is 18.7 Å². The Morgan fingerprint density at radius 1 is 1.47 bits per heavy atom. The van der Waals surface area contributed by atoms with E-state index >= 15 is 0 Å². The van der Waals surface area contributed by atoms with Crippen molar-refractivity contribution in [1.82, 2.24) is 4.72 Å². The minimum Gasteiger partial charge on any atom is -0.478 e. The first-order valence-electron chi connectivity index (χ1n) is 5.22. The molecular weight excluding hydrogens is 334 g/mol. The SMILES string of the molecule is CC#CCNS(=O)(=O)c1cc(C(=O)O)cc(Br)c1C. The molecule has 0 aliphatic heterocycles. The molecule has 1 aromatic rings. The molecular formula is C12H12BrNO4S. The minimum absolute atomic E-state index is 0.0206. The number of nitrogens with one attached hydrogen (secondary N) is 1. The third-order valence-electron chi connectivity index (χ3n) is 2.36. The van der Waals surface area contributed by atoms with Crippen LogP contribution in [0.2, 0.25) is 0 Å². The van der Waals surface area contributed by atoms with Crippen LogP contribution in [-0.4, -0.2) is 26.0 Å². The van der Waals surface area contributed by atoms with Crippen LogP contribution < -0.4 is 4.72 Å². The van der Waals surface area contributed by atoms with Gasteiger partial charge in [-0.15, -0.1) is 5.92 Å². The maximum Gasteiger partial charge on any atom is 0.335 e. The minimum atomic E-state index is -3.79. The van der Waals surface area contributed by atoms with E-state index in [1.54, 1.807) is 13.8 Å². The van der Waals surface area contributed by atoms with Gasteiger partial charge in [0.15, 0.2) is 0 Å². The van der Waals surface area contributed by atoms with Crippen molar-refractivity contribution < 1.29 is 18.3 Å². The molecule has 0 saturated carbocycles. The summed E-state index contributed by atoms with van der Waals surface area (Å²) in [5.41, 5.74) is 0.349. The fourth-order valence-corrected chi connectivity index (χ4v) is 3.16. The number of hydrogen-bond donors (Lipinski definition) is 2. The summed E-state index contributed by atoms with van der Waals surface area (Å²) in [5.74, 6) is 3.95. The molecule has 1 aromatic carbocycles. The summed E-state index contributed by atoms with van der Waals surface area (Å²) < 4.78 is 26.8. The standard InChI is InChI=1S/C12H12BrNO4S/c1-3-4-5-14-19(17,18)11-7-9(12(15)16)6-10(13)8(11)2/h6-7,14H,5H2,1-2H3,(H,15,16). The Hall–Kier alpha value is -1.36. The van der Waals surface area contributed by atoms with Gasteiger partial charge in [-0.25, -0.2) is 13.2 Å². The van der Waals surface area contributed by atoms with E-state index in [4.69, 9.17) is 5.11 Å². The van der Waals surface area contributed by atoms with Crippen LogP contribution in [0.1, 0.15) is 22.8 Å². The van der Waals surface area contributed by atoms with Gasteiger partial charge in [0, 0.05) is 4.47 Å². The highest BCUT2D eigenvalue weighted by atomic mass is 79.9. The summed E-state index contributed by atoms with van der Waals surface area (Å²) in [6.45, 7) is 3.17. The maximum atomic E-state index is 12.1. The fourth-order valence-electron chi connectivity index (χ4n) is 1.35. The topological polar surface area (TPSA) is 83.5 Å². The Kier molecular flexibility index (Phi) is 5.11. The first-order chi connectivity index (χ1) is 8.79. The highest BCUT2D eigenvalue weighted by Crippen LogP contribution is 2.25. The summed E-state index contributed by atoms with van der Waals surface area (Å²) in [4.78, 5) is 10.9.